The number of fused-ring (bicyclic) bond motifs is 2. The Morgan fingerprint density at radius 2 is 1.78 bits per heavy atom. The van der Waals surface area contributed by atoms with E-state index in [0.29, 0.717) is 29.7 Å². The van der Waals surface area contributed by atoms with Crippen LogP contribution in [0.15, 0.2) is 24.3 Å². The lowest BCUT2D eigenvalue weighted by atomic mass is 9.45. The monoisotopic (exact) mass is 573 g/mol. The number of anilines is 1. The summed E-state index contributed by atoms with van der Waals surface area (Å²) in [7, 11) is 8.35. The molecular weight excluding hydrogens is 518 g/mol. The van der Waals surface area contributed by atoms with Crippen LogP contribution in [0.3, 0.4) is 0 Å². The Morgan fingerprint density at radius 3 is 2.32 bits per heavy atom. The van der Waals surface area contributed by atoms with Crippen molar-refractivity contribution in [2.75, 3.05) is 65.9 Å². The second-order valence-corrected chi connectivity index (χ2v) is 14.0. The van der Waals surface area contributed by atoms with Gasteiger partial charge in [-0.25, -0.2) is 0 Å². The number of aliphatic hydroxyl groups excluding tert-OH is 2. The van der Waals surface area contributed by atoms with E-state index in [1.807, 2.05) is 0 Å². The van der Waals surface area contributed by atoms with Crippen molar-refractivity contribution >= 4 is 11.6 Å². The number of hydrogen-bond donors (Lipinski definition) is 3. The molecule has 0 spiro atoms. The molecule has 1 aliphatic heterocycles. The Balaban J connectivity index is 1.52. The van der Waals surface area contributed by atoms with Crippen LogP contribution in [0, 0.1) is 29.1 Å². The third kappa shape index (κ3) is 7.08. The number of aliphatic hydroxyl groups is 2. The Hall–Kier alpha value is -1.75. The largest absolute Gasteiger partial charge is 0.394 e. The van der Waals surface area contributed by atoms with Gasteiger partial charge < -0.3 is 30.2 Å². The van der Waals surface area contributed by atoms with Crippen LogP contribution in [0.4, 0.5) is 5.69 Å². The normalized spacial score (nSPS) is 31.8. The van der Waals surface area contributed by atoms with Gasteiger partial charge in [-0.3, -0.25) is 9.63 Å². The van der Waals surface area contributed by atoms with E-state index in [0.717, 1.165) is 43.9 Å². The number of rotatable bonds is 13. The molecule has 1 aromatic carbocycles. The fourth-order valence-electron chi connectivity index (χ4n) is 7.53. The summed E-state index contributed by atoms with van der Waals surface area (Å²) in [6.45, 7) is 12.5. The first-order valence-electron chi connectivity index (χ1n) is 15.5. The third-order valence-corrected chi connectivity index (χ3v) is 10.3. The van der Waals surface area contributed by atoms with Crippen LogP contribution in [0.5, 0.6) is 0 Å². The van der Waals surface area contributed by atoms with Gasteiger partial charge in [0.25, 0.3) is 0 Å². The van der Waals surface area contributed by atoms with Gasteiger partial charge in [-0.05, 0) is 88.8 Å². The van der Waals surface area contributed by atoms with Gasteiger partial charge in [0.2, 0.25) is 5.91 Å². The molecule has 0 aromatic heterocycles. The summed E-state index contributed by atoms with van der Waals surface area (Å²) in [5.74, 6) is 1.02. The molecular formula is C32H55N5O4. The Kier molecular flexibility index (Phi) is 10.4. The van der Waals surface area contributed by atoms with E-state index in [1.54, 1.807) is 12.0 Å². The zero-order chi connectivity index (χ0) is 30.1. The summed E-state index contributed by atoms with van der Waals surface area (Å²) in [6.07, 6.45) is 0.799. The van der Waals surface area contributed by atoms with Gasteiger partial charge in [-0.2, -0.15) is 5.06 Å². The van der Waals surface area contributed by atoms with Crippen LogP contribution in [0.1, 0.15) is 46.1 Å². The molecule has 5 rings (SSSR count). The summed E-state index contributed by atoms with van der Waals surface area (Å²) >= 11 is 0. The number of carbonyl (C=O) groups is 1. The van der Waals surface area contributed by atoms with Crippen LogP contribution in [-0.2, 0) is 16.2 Å². The van der Waals surface area contributed by atoms with E-state index in [2.05, 4.69) is 93.2 Å². The molecule has 1 amide bonds. The highest BCUT2D eigenvalue weighted by Crippen LogP contribution is 2.61. The number of likely N-dealkylation sites (N-methyl/N-ethyl adjacent to an activating group) is 2. The molecule has 1 heterocycles. The van der Waals surface area contributed by atoms with Crippen molar-refractivity contribution in [2.45, 2.75) is 71.4 Å². The van der Waals surface area contributed by atoms with Crippen LogP contribution < -0.4 is 10.2 Å². The van der Waals surface area contributed by atoms with E-state index in [-0.39, 0.29) is 18.6 Å². The molecule has 2 bridgehead atoms. The first-order chi connectivity index (χ1) is 19.3. The van der Waals surface area contributed by atoms with E-state index in [4.69, 9.17) is 4.84 Å². The smallest absolute Gasteiger partial charge is 0.240 e. The van der Waals surface area contributed by atoms with Gasteiger partial charge in [0.1, 0.15) is 12.1 Å². The topological polar surface area (TPSA) is 91.8 Å². The number of carbonyl (C=O) groups excluding carboxylic acids is 1. The van der Waals surface area contributed by atoms with Crippen molar-refractivity contribution in [1.29, 1.82) is 0 Å². The molecule has 1 aromatic rings. The van der Waals surface area contributed by atoms with E-state index >= 15 is 0 Å². The van der Waals surface area contributed by atoms with E-state index < -0.39 is 24.2 Å². The lowest BCUT2D eigenvalue weighted by molar-refractivity contribution is -0.183. The SMILES string of the molecule is C[C@H](O)[C@@H]1[C@H](CO)ON(Cc2cccc(N(CCN(C)C)CCN(C)C)c2)[C@@H]1C(=O)NC1C[C@@H]2C[C@H]([C@@H]1C)C2(C)C. The number of benzene rings is 1. The quantitative estimate of drug-likeness (QED) is 0.331. The van der Waals surface area contributed by atoms with Crippen LogP contribution in [0.2, 0.25) is 0 Å². The predicted molar refractivity (Wildman–Crippen MR) is 163 cm³/mol. The van der Waals surface area contributed by atoms with E-state index in [1.165, 1.54) is 6.42 Å². The Labute approximate surface area is 247 Å². The lowest BCUT2D eigenvalue weighted by Gasteiger charge is -2.62. The molecule has 3 aliphatic carbocycles. The highest BCUT2D eigenvalue weighted by molar-refractivity contribution is 5.82. The molecule has 9 nitrogen and oxygen atoms in total. The minimum atomic E-state index is -0.803. The third-order valence-electron chi connectivity index (χ3n) is 10.3. The minimum absolute atomic E-state index is 0.113. The zero-order valence-electron chi connectivity index (χ0n) is 26.6. The summed E-state index contributed by atoms with van der Waals surface area (Å²) < 4.78 is 0. The summed E-state index contributed by atoms with van der Waals surface area (Å²) in [5, 5.41) is 26.0. The van der Waals surface area contributed by atoms with Crippen molar-refractivity contribution in [3.63, 3.8) is 0 Å². The van der Waals surface area contributed by atoms with Gasteiger partial charge in [0.15, 0.2) is 0 Å². The zero-order valence-corrected chi connectivity index (χ0v) is 26.6. The maximum absolute atomic E-state index is 13.9. The van der Waals surface area contributed by atoms with Crippen LogP contribution in [0.25, 0.3) is 0 Å². The fourth-order valence-corrected chi connectivity index (χ4v) is 7.53. The maximum Gasteiger partial charge on any atom is 0.240 e. The molecule has 3 N–H and O–H groups in total. The molecule has 0 radical (unpaired) electrons. The van der Waals surface area contributed by atoms with Crippen molar-refractivity contribution in [1.82, 2.24) is 20.2 Å². The van der Waals surface area contributed by atoms with Gasteiger partial charge in [0, 0.05) is 43.8 Å². The first-order valence-corrected chi connectivity index (χ1v) is 15.5. The van der Waals surface area contributed by atoms with E-state index in [9.17, 15) is 15.0 Å². The predicted octanol–water partition coefficient (Wildman–Crippen LogP) is 2.28. The van der Waals surface area contributed by atoms with Crippen molar-refractivity contribution in [3.8, 4) is 0 Å². The van der Waals surface area contributed by atoms with Crippen molar-refractivity contribution in [2.24, 2.45) is 29.1 Å². The second-order valence-electron chi connectivity index (χ2n) is 14.0. The van der Waals surface area contributed by atoms with Crippen molar-refractivity contribution < 1.29 is 19.8 Å². The lowest BCUT2D eigenvalue weighted by Crippen LogP contribution is -2.62. The molecule has 1 unspecified atom stereocenters. The average Bonchev–Trinajstić information content (AvgIpc) is 3.28. The number of nitrogens with one attached hydrogen (secondary N) is 1. The molecule has 8 atom stereocenters. The van der Waals surface area contributed by atoms with Gasteiger partial charge in [-0.15, -0.1) is 0 Å². The number of amides is 1. The van der Waals surface area contributed by atoms with Gasteiger partial charge >= 0.3 is 0 Å². The molecule has 4 fully saturated rings. The van der Waals surface area contributed by atoms with Gasteiger partial charge in [0.05, 0.1) is 19.3 Å². The fraction of sp³-hybridized carbons (Fsp3) is 0.781. The maximum atomic E-state index is 13.9. The molecule has 4 aliphatic rings. The average molecular weight is 574 g/mol. The highest BCUT2D eigenvalue weighted by Gasteiger charge is 2.57. The number of nitrogens with zero attached hydrogens (tertiary/aromatic N) is 4. The van der Waals surface area contributed by atoms with Crippen LogP contribution >= 0.6 is 0 Å². The minimum Gasteiger partial charge on any atom is -0.394 e. The summed E-state index contributed by atoms with van der Waals surface area (Å²) in [6, 6.07) is 7.85. The number of hydrogen-bond acceptors (Lipinski definition) is 8. The Bertz CT molecular complexity index is 1010. The van der Waals surface area contributed by atoms with Gasteiger partial charge in [-0.1, -0.05) is 32.9 Å². The van der Waals surface area contributed by atoms with Crippen LogP contribution in [-0.4, -0.2) is 116 Å². The van der Waals surface area contributed by atoms with Crippen molar-refractivity contribution in [3.05, 3.63) is 29.8 Å². The number of hydroxylamine groups is 2. The summed E-state index contributed by atoms with van der Waals surface area (Å²) in [4.78, 5) is 26.9. The Morgan fingerprint density at radius 1 is 1.12 bits per heavy atom. The molecule has 3 saturated carbocycles. The highest BCUT2D eigenvalue weighted by atomic mass is 16.7. The standard InChI is InChI=1S/C32H55N5O4/c1-21-26-17-24(32(26,3)4)18-27(21)33-31(40)30-29(22(2)39)28(20-38)41-37(30)19-23-10-9-11-25(16-23)36(14-12-34(5)6)15-13-35(7)8/h9-11,16,21-22,24,26-30,38-39H,12-15,17-20H2,1-8H3,(H,33,40)/t21-,22-,24-,26+,27?,28-,29+,30-/m0/s1. The molecule has 1 saturated heterocycles. The molecule has 232 valence electrons. The first kappa shape index (κ1) is 32.2. The molecule has 9 heteroatoms. The molecule has 41 heavy (non-hydrogen) atoms. The summed E-state index contributed by atoms with van der Waals surface area (Å²) in [5.41, 5.74) is 2.50. The second kappa shape index (κ2) is 13.3.